The molecule has 1 aromatic rings. The largest absolute Gasteiger partial charge is 0.272 e. The third kappa shape index (κ3) is 2.98. The van der Waals surface area contributed by atoms with Crippen molar-refractivity contribution < 1.29 is 9.59 Å². The van der Waals surface area contributed by atoms with Crippen LogP contribution >= 0.6 is 21.8 Å². The van der Waals surface area contributed by atoms with Crippen molar-refractivity contribution in [3.8, 4) is 0 Å². The lowest BCUT2D eigenvalue weighted by Crippen LogP contribution is -2.23. The molecule has 0 radical (unpaired) electrons. The smallest absolute Gasteiger partial charge is 0.268 e. The lowest BCUT2D eigenvalue weighted by Gasteiger charge is -2.24. The van der Waals surface area contributed by atoms with Gasteiger partial charge < -0.3 is 0 Å². The summed E-state index contributed by atoms with van der Waals surface area (Å²) in [5.41, 5.74) is 1.02. The second-order valence-electron chi connectivity index (χ2n) is 5.12. The van der Waals surface area contributed by atoms with E-state index in [1.807, 2.05) is 0 Å². The lowest BCUT2D eigenvalue weighted by molar-refractivity contribution is 0.0779. The van der Waals surface area contributed by atoms with Crippen molar-refractivity contribution in [3.05, 3.63) is 35.4 Å². The Morgan fingerprint density at radius 3 is 2.11 bits per heavy atom. The van der Waals surface area contributed by atoms with E-state index < -0.39 is 0 Å². The molecule has 0 spiro atoms. The van der Waals surface area contributed by atoms with Gasteiger partial charge in [-0.05, 0) is 32.4 Å². The van der Waals surface area contributed by atoms with E-state index in [1.165, 1.54) is 15.3 Å². The first-order valence-corrected chi connectivity index (χ1v) is 8.40. The molecular weight excluding hydrogens is 278 g/mol. The van der Waals surface area contributed by atoms with E-state index in [9.17, 15) is 9.59 Å². The van der Waals surface area contributed by atoms with Gasteiger partial charge in [0.05, 0.1) is 11.1 Å². The van der Waals surface area contributed by atoms with Crippen molar-refractivity contribution in [2.45, 2.75) is 38.4 Å². The molecule has 0 aromatic heterocycles. The van der Waals surface area contributed by atoms with Gasteiger partial charge >= 0.3 is 0 Å². The van der Waals surface area contributed by atoms with E-state index in [0.29, 0.717) is 11.1 Å². The Hall–Kier alpha value is -0.940. The van der Waals surface area contributed by atoms with Gasteiger partial charge in [0.25, 0.3) is 11.8 Å². The third-order valence-electron chi connectivity index (χ3n) is 2.95. The molecule has 0 N–H and O–H groups in total. The van der Waals surface area contributed by atoms with Crippen molar-refractivity contribution in [3.63, 3.8) is 0 Å². The van der Waals surface area contributed by atoms with Gasteiger partial charge in [-0.3, -0.25) is 9.59 Å². The zero-order valence-electron chi connectivity index (χ0n) is 11.3. The number of benzene rings is 1. The van der Waals surface area contributed by atoms with Crippen molar-refractivity contribution in [1.82, 2.24) is 4.31 Å². The molecule has 0 fully saturated rings. The topological polar surface area (TPSA) is 37.4 Å². The number of amides is 2. The first-order chi connectivity index (χ1) is 8.96. The molecule has 3 nitrogen and oxygen atoms in total. The van der Waals surface area contributed by atoms with Crippen LogP contribution in [0, 0.1) is 0 Å². The number of rotatable bonds is 5. The average molecular weight is 295 g/mol. The van der Waals surface area contributed by atoms with Gasteiger partial charge in [-0.1, -0.05) is 36.3 Å². The zero-order valence-corrected chi connectivity index (χ0v) is 12.9. The van der Waals surface area contributed by atoms with E-state index in [4.69, 9.17) is 0 Å². The van der Waals surface area contributed by atoms with Crippen molar-refractivity contribution in [1.29, 1.82) is 0 Å². The van der Waals surface area contributed by atoms with Crippen LogP contribution in [0.1, 0.15) is 54.3 Å². The van der Waals surface area contributed by atoms with Crippen LogP contribution in [-0.4, -0.2) is 20.9 Å². The Balaban J connectivity index is 2.09. The Morgan fingerprint density at radius 1 is 1.11 bits per heavy atom. The molecule has 0 saturated heterocycles. The number of imide groups is 1. The number of fused-ring (bicyclic) bond motifs is 1. The van der Waals surface area contributed by atoms with E-state index in [0.717, 1.165) is 12.8 Å². The summed E-state index contributed by atoms with van der Waals surface area (Å²) in [7, 11) is 2.83. The molecule has 2 amide bonds. The Morgan fingerprint density at radius 2 is 1.63 bits per heavy atom. The zero-order chi connectivity index (χ0) is 14.0. The van der Waals surface area contributed by atoms with Gasteiger partial charge in [0, 0.05) is 15.7 Å². The summed E-state index contributed by atoms with van der Waals surface area (Å²) in [5.74, 6) is -0.407. The fourth-order valence-corrected chi connectivity index (χ4v) is 4.40. The maximum absolute atomic E-state index is 12.2. The molecule has 2 rings (SSSR count). The second-order valence-corrected chi connectivity index (χ2v) is 7.85. The summed E-state index contributed by atoms with van der Waals surface area (Å²) < 4.78 is 1.32. The number of carbonyl (C=O) groups is 2. The maximum Gasteiger partial charge on any atom is 0.272 e. The monoisotopic (exact) mass is 295 g/mol. The Labute approximate surface area is 121 Å². The molecule has 1 heterocycles. The summed E-state index contributed by atoms with van der Waals surface area (Å²) >= 11 is 0. The highest BCUT2D eigenvalue weighted by atomic mass is 33.1. The quantitative estimate of drug-likeness (QED) is 0.464. The van der Waals surface area contributed by atoms with E-state index in [-0.39, 0.29) is 16.6 Å². The summed E-state index contributed by atoms with van der Waals surface area (Å²) in [6, 6.07) is 6.98. The second kappa shape index (κ2) is 5.59. The number of hydrogen-bond acceptors (Lipinski definition) is 4. The van der Waals surface area contributed by atoms with Crippen LogP contribution in [0.4, 0.5) is 0 Å². The van der Waals surface area contributed by atoms with Crippen LogP contribution in [0.2, 0.25) is 0 Å². The Bertz CT molecular complexity index is 479. The van der Waals surface area contributed by atoms with Gasteiger partial charge in [-0.15, -0.1) is 0 Å². The number of carbonyl (C=O) groups excluding carboxylic acids is 2. The van der Waals surface area contributed by atoms with Gasteiger partial charge in [0.1, 0.15) is 0 Å². The minimum atomic E-state index is -0.203. The minimum absolute atomic E-state index is 0.0503. The predicted octanol–water partition coefficient (Wildman–Crippen LogP) is 4.16. The van der Waals surface area contributed by atoms with E-state index >= 15 is 0 Å². The average Bonchev–Trinajstić information content (AvgIpc) is 2.61. The van der Waals surface area contributed by atoms with E-state index in [2.05, 4.69) is 20.8 Å². The minimum Gasteiger partial charge on any atom is -0.268 e. The molecule has 0 saturated carbocycles. The Kier molecular flexibility index (Phi) is 4.26. The molecule has 0 unspecified atom stereocenters. The fraction of sp³-hybridized carbons (Fsp3) is 0.429. The molecule has 1 aliphatic heterocycles. The summed E-state index contributed by atoms with van der Waals surface area (Å²) in [6.07, 6.45) is 2.14. The van der Waals surface area contributed by atoms with Crippen LogP contribution in [0.3, 0.4) is 0 Å². The SMILES string of the molecule is CCCC(C)(C)SSN1C(=O)c2ccccc2C1=O. The number of hydrogen-bond donors (Lipinski definition) is 0. The molecular formula is C14H17NO2S2. The first-order valence-electron chi connectivity index (χ1n) is 6.30. The first kappa shape index (κ1) is 14.5. The predicted molar refractivity (Wildman–Crippen MR) is 81.1 cm³/mol. The standard InChI is InChI=1S/C14H17NO2S2/c1-4-9-14(2,3)18-19-15-12(16)10-7-5-6-8-11(10)13(15)17/h5-8H,4,9H2,1-3H3. The molecule has 102 valence electrons. The summed E-state index contributed by atoms with van der Waals surface area (Å²) in [6.45, 7) is 6.40. The fourth-order valence-electron chi connectivity index (χ4n) is 2.02. The van der Waals surface area contributed by atoms with Gasteiger partial charge in [0.2, 0.25) is 0 Å². The third-order valence-corrected chi connectivity index (χ3v) is 6.18. The molecule has 0 bridgehead atoms. The van der Waals surface area contributed by atoms with Crippen LogP contribution in [0.15, 0.2) is 24.3 Å². The highest BCUT2D eigenvalue weighted by molar-refractivity contribution is 8.76. The molecule has 0 aliphatic carbocycles. The summed E-state index contributed by atoms with van der Waals surface area (Å²) in [5, 5.41) is 0. The summed E-state index contributed by atoms with van der Waals surface area (Å²) in [4.78, 5) is 24.3. The van der Waals surface area contributed by atoms with Crippen molar-refractivity contribution >= 4 is 33.6 Å². The van der Waals surface area contributed by atoms with Crippen LogP contribution < -0.4 is 0 Å². The molecule has 19 heavy (non-hydrogen) atoms. The van der Waals surface area contributed by atoms with Gasteiger partial charge in [-0.2, -0.15) is 0 Å². The molecule has 1 aromatic carbocycles. The molecule has 5 heteroatoms. The van der Waals surface area contributed by atoms with Crippen molar-refractivity contribution in [2.24, 2.45) is 0 Å². The highest BCUT2D eigenvalue weighted by Crippen LogP contribution is 2.43. The van der Waals surface area contributed by atoms with Crippen LogP contribution in [0.5, 0.6) is 0 Å². The van der Waals surface area contributed by atoms with Crippen molar-refractivity contribution in [2.75, 3.05) is 0 Å². The van der Waals surface area contributed by atoms with E-state index in [1.54, 1.807) is 35.1 Å². The molecule has 0 atom stereocenters. The van der Waals surface area contributed by atoms with Crippen LogP contribution in [0.25, 0.3) is 0 Å². The maximum atomic E-state index is 12.2. The number of nitrogens with zero attached hydrogens (tertiary/aromatic N) is 1. The molecule has 1 aliphatic rings. The lowest BCUT2D eigenvalue weighted by atomic mass is 10.1. The van der Waals surface area contributed by atoms with Gasteiger partial charge in [0.15, 0.2) is 0 Å². The van der Waals surface area contributed by atoms with Crippen LogP contribution in [-0.2, 0) is 0 Å². The normalized spacial score (nSPS) is 15.0. The highest BCUT2D eigenvalue weighted by Gasteiger charge is 2.37. The van der Waals surface area contributed by atoms with Gasteiger partial charge in [-0.25, -0.2) is 4.31 Å².